The average Bonchev–Trinajstić information content (AvgIpc) is 2.74. The number of carboxylic acids is 1. The highest BCUT2D eigenvalue weighted by Crippen LogP contribution is 2.31. The summed E-state index contributed by atoms with van der Waals surface area (Å²) in [5.41, 5.74) is 0.949. The summed E-state index contributed by atoms with van der Waals surface area (Å²) in [6, 6.07) is 12.0. The maximum atomic E-state index is 12.6. The maximum absolute atomic E-state index is 12.6. The highest BCUT2D eigenvalue weighted by Gasteiger charge is 2.27. The monoisotopic (exact) mass is 525 g/mol. The zero-order valence-corrected chi connectivity index (χ0v) is 19.6. The van der Waals surface area contributed by atoms with E-state index in [0.717, 1.165) is 10.0 Å². The molecule has 32 heavy (non-hydrogen) atoms. The lowest BCUT2D eigenvalue weighted by molar-refractivity contribution is -0.384. The van der Waals surface area contributed by atoms with E-state index in [2.05, 4.69) is 20.7 Å². The normalized spacial score (nSPS) is 15.4. The van der Waals surface area contributed by atoms with Gasteiger partial charge in [0.05, 0.1) is 16.6 Å². The molecule has 3 rings (SSSR count). The number of sulfonamides is 1. The van der Waals surface area contributed by atoms with Gasteiger partial charge in [-0.2, -0.15) is 0 Å². The van der Waals surface area contributed by atoms with Crippen LogP contribution < -0.4 is 4.72 Å². The van der Waals surface area contributed by atoms with Gasteiger partial charge in [0, 0.05) is 23.0 Å². The Morgan fingerprint density at radius 1 is 1.19 bits per heavy atom. The van der Waals surface area contributed by atoms with Crippen LogP contribution in [0.15, 0.2) is 46.9 Å². The van der Waals surface area contributed by atoms with Crippen molar-refractivity contribution in [2.24, 2.45) is 5.92 Å². The van der Waals surface area contributed by atoms with Crippen LogP contribution >= 0.6 is 15.9 Å². The van der Waals surface area contributed by atoms with Crippen molar-refractivity contribution < 1.29 is 23.2 Å². The Labute approximate surface area is 194 Å². The molecule has 1 saturated heterocycles. The molecule has 0 atom stereocenters. The van der Waals surface area contributed by atoms with Gasteiger partial charge in [-0.15, -0.1) is 0 Å². The molecule has 9 nitrogen and oxygen atoms in total. The Bertz CT molecular complexity index is 1080. The van der Waals surface area contributed by atoms with Crippen LogP contribution in [-0.2, 0) is 21.2 Å². The SMILES string of the molecule is O=C(O)C1CCN(CCS(=O)(=O)Nc2cccc(Cc3ccc(Br)cc3)c2[N+](=O)[O-])CC1. The molecule has 1 aliphatic heterocycles. The number of nitrogens with zero attached hydrogens (tertiary/aromatic N) is 2. The van der Waals surface area contributed by atoms with Crippen molar-refractivity contribution in [1.29, 1.82) is 0 Å². The van der Waals surface area contributed by atoms with Crippen LogP contribution in [0, 0.1) is 16.0 Å². The molecule has 0 radical (unpaired) electrons. The number of hydrogen-bond donors (Lipinski definition) is 2. The number of hydrogen-bond acceptors (Lipinski definition) is 6. The molecule has 172 valence electrons. The van der Waals surface area contributed by atoms with Crippen LogP contribution in [0.25, 0.3) is 0 Å². The first kappa shape index (κ1) is 24.1. The van der Waals surface area contributed by atoms with Crippen molar-refractivity contribution in [3.05, 3.63) is 68.2 Å². The largest absolute Gasteiger partial charge is 0.481 e. The minimum atomic E-state index is -3.83. The number of likely N-dealkylation sites (tertiary alicyclic amines) is 1. The predicted octanol–water partition coefficient (Wildman–Crippen LogP) is 3.49. The summed E-state index contributed by atoms with van der Waals surface area (Å²) in [5.74, 6) is -1.45. The first-order valence-corrected chi connectivity index (χ1v) is 12.6. The third-order valence-corrected chi connectivity index (χ3v) is 7.27. The fourth-order valence-electron chi connectivity index (χ4n) is 3.73. The molecule has 0 aliphatic carbocycles. The molecule has 0 bridgehead atoms. The number of piperidine rings is 1. The standard InChI is InChI=1S/C21H24BrN3O6S/c22-18-6-4-15(5-7-18)14-17-2-1-3-19(20(17)25(28)29)23-32(30,31)13-12-24-10-8-16(9-11-24)21(26)27/h1-7,16,23H,8-14H2,(H,26,27). The summed E-state index contributed by atoms with van der Waals surface area (Å²) in [6.45, 7) is 1.25. The smallest absolute Gasteiger partial charge is 0.306 e. The molecule has 0 amide bonds. The number of halogens is 1. The molecule has 0 unspecified atom stereocenters. The zero-order valence-electron chi connectivity index (χ0n) is 17.2. The highest BCUT2D eigenvalue weighted by atomic mass is 79.9. The lowest BCUT2D eigenvalue weighted by Gasteiger charge is -2.29. The fraction of sp³-hybridized carbons (Fsp3) is 0.381. The summed E-state index contributed by atoms with van der Waals surface area (Å²) < 4.78 is 28.5. The minimum Gasteiger partial charge on any atom is -0.481 e. The van der Waals surface area contributed by atoms with Gasteiger partial charge in [-0.3, -0.25) is 19.6 Å². The second kappa shape index (κ2) is 10.4. The summed E-state index contributed by atoms with van der Waals surface area (Å²) in [6.07, 6.45) is 1.25. The van der Waals surface area contributed by atoms with E-state index in [9.17, 15) is 23.3 Å². The molecule has 1 aliphatic rings. The van der Waals surface area contributed by atoms with Gasteiger partial charge in [0.2, 0.25) is 10.0 Å². The van der Waals surface area contributed by atoms with Crippen LogP contribution in [-0.4, -0.2) is 54.7 Å². The van der Waals surface area contributed by atoms with Crippen molar-refractivity contribution in [3.63, 3.8) is 0 Å². The average molecular weight is 526 g/mol. The number of nitro benzene ring substituents is 1. The Hall–Kier alpha value is -2.50. The number of aliphatic carboxylic acids is 1. The van der Waals surface area contributed by atoms with Crippen molar-refractivity contribution in [1.82, 2.24) is 4.90 Å². The van der Waals surface area contributed by atoms with Crippen molar-refractivity contribution in [3.8, 4) is 0 Å². The number of anilines is 1. The van der Waals surface area contributed by atoms with E-state index in [-0.39, 0.29) is 30.1 Å². The summed E-state index contributed by atoms with van der Waals surface area (Å²) in [5, 5.41) is 20.8. The van der Waals surface area contributed by atoms with E-state index in [1.165, 1.54) is 6.07 Å². The van der Waals surface area contributed by atoms with Gasteiger partial charge in [-0.1, -0.05) is 40.2 Å². The molecule has 2 N–H and O–H groups in total. The molecule has 2 aromatic rings. The van der Waals surface area contributed by atoms with Crippen molar-refractivity contribution in [2.45, 2.75) is 19.3 Å². The lowest BCUT2D eigenvalue weighted by atomic mass is 9.97. The van der Waals surface area contributed by atoms with Gasteiger partial charge in [0.15, 0.2) is 0 Å². The summed E-state index contributed by atoms with van der Waals surface area (Å²) in [4.78, 5) is 24.1. The molecule has 1 fully saturated rings. The van der Waals surface area contributed by atoms with E-state index in [1.807, 2.05) is 29.2 Å². The topological polar surface area (TPSA) is 130 Å². The number of nitrogens with one attached hydrogen (secondary N) is 1. The number of nitro groups is 1. The maximum Gasteiger partial charge on any atom is 0.306 e. The summed E-state index contributed by atoms with van der Waals surface area (Å²) >= 11 is 3.35. The Morgan fingerprint density at radius 2 is 1.84 bits per heavy atom. The highest BCUT2D eigenvalue weighted by molar-refractivity contribution is 9.10. The number of carbonyl (C=O) groups is 1. The molecule has 0 saturated carbocycles. The van der Waals surface area contributed by atoms with E-state index in [1.54, 1.807) is 12.1 Å². The number of benzene rings is 2. The fourth-order valence-corrected chi connectivity index (χ4v) is 5.09. The quantitative estimate of drug-likeness (QED) is 0.378. The molecule has 2 aromatic carbocycles. The van der Waals surface area contributed by atoms with Crippen molar-refractivity contribution in [2.75, 3.05) is 30.1 Å². The number of carboxylic acid groups (broad SMARTS) is 1. The van der Waals surface area contributed by atoms with E-state index in [0.29, 0.717) is 31.5 Å². The van der Waals surface area contributed by atoms with E-state index >= 15 is 0 Å². The second-order valence-corrected chi connectivity index (χ2v) is 10.5. The first-order valence-electron chi connectivity index (χ1n) is 10.1. The van der Waals surface area contributed by atoms with E-state index < -0.39 is 26.8 Å². The van der Waals surface area contributed by atoms with Crippen LogP contribution in [0.4, 0.5) is 11.4 Å². The van der Waals surface area contributed by atoms with Crippen LogP contribution in [0.2, 0.25) is 0 Å². The van der Waals surface area contributed by atoms with Gasteiger partial charge in [-0.05, 0) is 49.7 Å². The molecular weight excluding hydrogens is 502 g/mol. The van der Waals surface area contributed by atoms with Gasteiger partial charge >= 0.3 is 5.97 Å². The molecule has 0 spiro atoms. The summed E-state index contributed by atoms with van der Waals surface area (Å²) in [7, 11) is -3.83. The lowest BCUT2D eigenvalue weighted by Crippen LogP contribution is -2.39. The van der Waals surface area contributed by atoms with Crippen LogP contribution in [0.5, 0.6) is 0 Å². The second-order valence-electron chi connectivity index (χ2n) is 7.75. The van der Waals surface area contributed by atoms with Gasteiger partial charge in [0.1, 0.15) is 5.69 Å². The van der Waals surface area contributed by atoms with Gasteiger partial charge < -0.3 is 10.0 Å². The number of rotatable bonds is 9. The van der Waals surface area contributed by atoms with E-state index in [4.69, 9.17) is 5.11 Å². The van der Waals surface area contributed by atoms with Crippen LogP contribution in [0.3, 0.4) is 0 Å². The molecule has 1 heterocycles. The predicted molar refractivity (Wildman–Crippen MR) is 124 cm³/mol. The first-order chi connectivity index (χ1) is 15.1. The third-order valence-electron chi connectivity index (χ3n) is 5.49. The van der Waals surface area contributed by atoms with Crippen molar-refractivity contribution >= 4 is 43.3 Å². The minimum absolute atomic E-state index is 0.0609. The Balaban J connectivity index is 1.69. The zero-order chi connectivity index (χ0) is 23.3. The Morgan fingerprint density at radius 3 is 2.44 bits per heavy atom. The third kappa shape index (κ3) is 6.50. The molecule has 11 heteroatoms. The van der Waals surface area contributed by atoms with Gasteiger partial charge in [-0.25, -0.2) is 8.42 Å². The number of para-hydroxylation sites is 1. The Kier molecular flexibility index (Phi) is 7.86. The molecular formula is C21H24BrN3O6S. The molecule has 0 aromatic heterocycles. The van der Waals surface area contributed by atoms with Crippen LogP contribution in [0.1, 0.15) is 24.0 Å². The van der Waals surface area contributed by atoms with Gasteiger partial charge in [0.25, 0.3) is 5.69 Å².